The number of aliphatic imine (C=N–C) groups is 1. The molecule has 1 aromatic carbocycles. The molecule has 132 valence electrons. The van der Waals surface area contributed by atoms with Crippen LogP contribution in [0.25, 0.3) is 0 Å². The van der Waals surface area contributed by atoms with Crippen LogP contribution in [-0.2, 0) is 9.53 Å². The standard InChI is InChI=1S/C19H23N3O2S/c23-17-19(8-9-22(17)15-4-2-1-3-5-15)24-12-20-18(25-19)21-16-11-13-6-7-14(16)10-13/h1-5,13-14,16H,6-12H2,(H,20,21)/t13-,14+,16+,19?/m1/s1. The second kappa shape index (κ2) is 6.02. The van der Waals surface area contributed by atoms with Crippen LogP contribution in [0, 0.1) is 11.8 Å². The summed E-state index contributed by atoms with van der Waals surface area (Å²) in [6.45, 7) is 0.960. The van der Waals surface area contributed by atoms with E-state index < -0.39 is 4.93 Å². The number of benzene rings is 1. The Morgan fingerprint density at radius 3 is 2.88 bits per heavy atom. The molecule has 4 atom stereocenters. The maximum Gasteiger partial charge on any atom is 0.270 e. The number of para-hydroxylation sites is 1. The molecular formula is C19H23N3O2S. The molecule has 4 aliphatic rings. The Morgan fingerprint density at radius 2 is 2.12 bits per heavy atom. The van der Waals surface area contributed by atoms with E-state index >= 15 is 0 Å². The molecule has 0 aromatic heterocycles. The van der Waals surface area contributed by atoms with Crippen LogP contribution in [0.5, 0.6) is 0 Å². The Morgan fingerprint density at radius 1 is 1.24 bits per heavy atom. The summed E-state index contributed by atoms with van der Waals surface area (Å²) in [5, 5.41) is 4.53. The monoisotopic (exact) mass is 357 g/mol. The lowest BCUT2D eigenvalue weighted by atomic mass is 9.96. The van der Waals surface area contributed by atoms with Gasteiger partial charge in [0, 0.05) is 24.7 Å². The van der Waals surface area contributed by atoms with Gasteiger partial charge in [0.2, 0.25) is 4.93 Å². The highest BCUT2D eigenvalue weighted by Crippen LogP contribution is 2.46. The summed E-state index contributed by atoms with van der Waals surface area (Å²) >= 11 is 1.49. The number of hydrogen-bond acceptors (Lipinski definition) is 5. The molecule has 3 fully saturated rings. The largest absolute Gasteiger partial charge is 0.362 e. The van der Waals surface area contributed by atoms with E-state index in [0.29, 0.717) is 19.0 Å². The number of carbonyl (C=O) groups is 1. The van der Waals surface area contributed by atoms with Crippen molar-refractivity contribution in [1.29, 1.82) is 0 Å². The van der Waals surface area contributed by atoms with Gasteiger partial charge in [0.1, 0.15) is 6.73 Å². The SMILES string of the molecule is O=C1N(c2ccccc2)CCC12OCN=C(N[C@H]1C[C@@H]3CC[C@H]1C3)S2. The van der Waals surface area contributed by atoms with Crippen molar-refractivity contribution in [3.05, 3.63) is 30.3 Å². The summed E-state index contributed by atoms with van der Waals surface area (Å²) in [6, 6.07) is 10.4. The van der Waals surface area contributed by atoms with E-state index in [4.69, 9.17) is 4.74 Å². The van der Waals surface area contributed by atoms with Crippen LogP contribution < -0.4 is 10.2 Å². The molecule has 2 saturated carbocycles. The van der Waals surface area contributed by atoms with Crippen molar-refractivity contribution < 1.29 is 9.53 Å². The minimum absolute atomic E-state index is 0.0471. The Kier molecular flexibility index (Phi) is 3.78. The number of hydrogen-bond donors (Lipinski definition) is 1. The van der Waals surface area contributed by atoms with Gasteiger partial charge in [-0.3, -0.25) is 4.79 Å². The molecule has 1 saturated heterocycles. The van der Waals surface area contributed by atoms with Crippen molar-refractivity contribution in [1.82, 2.24) is 5.32 Å². The van der Waals surface area contributed by atoms with E-state index in [1.807, 2.05) is 35.2 Å². The van der Waals surface area contributed by atoms with E-state index in [0.717, 1.165) is 22.7 Å². The third kappa shape index (κ3) is 2.66. The molecule has 2 aliphatic heterocycles. The van der Waals surface area contributed by atoms with E-state index in [1.165, 1.54) is 37.4 Å². The van der Waals surface area contributed by atoms with Gasteiger partial charge in [-0.1, -0.05) is 24.6 Å². The lowest BCUT2D eigenvalue weighted by Crippen LogP contribution is -2.47. The van der Waals surface area contributed by atoms with Crippen LogP contribution in [0.2, 0.25) is 0 Å². The van der Waals surface area contributed by atoms with Crippen molar-refractivity contribution in [2.24, 2.45) is 16.8 Å². The third-order valence-corrected chi connectivity index (χ3v) is 7.38. The quantitative estimate of drug-likeness (QED) is 0.884. The van der Waals surface area contributed by atoms with Crippen molar-refractivity contribution in [3.63, 3.8) is 0 Å². The fourth-order valence-electron chi connectivity index (χ4n) is 4.82. The first-order valence-corrected chi connectivity index (χ1v) is 10.1. The van der Waals surface area contributed by atoms with Crippen LogP contribution in [0.3, 0.4) is 0 Å². The van der Waals surface area contributed by atoms with Gasteiger partial charge in [-0.15, -0.1) is 0 Å². The maximum atomic E-state index is 13.1. The zero-order valence-electron chi connectivity index (χ0n) is 14.2. The average molecular weight is 357 g/mol. The highest BCUT2D eigenvalue weighted by molar-refractivity contribution is 8.15. The summed E-state index contributed by atoms with van der Waals surface area (Å²) in [7, 11) is 0. The number of carbonyl (C=O) groups excluding carboxylic acids is 1. The second-order valence-corrected chi connectivity index (χ2v) is 8.81. The van der Waals surface area contributed by atoms with E-state index in [1.54, 1.807) is 0 Å². The molecule has 5 rings (SSSR count). The molecule has 1 amide bonds. The molecule has 25 heavy (non-hydrogen) atoms. The summed E-state index contributed by atoms with van der Waals surface area (Å²) in [5.74, 6) is 1.72. The normalized spacial score (nSPS) is 37.0. The number of thioether (sulfide) groups is 1. The fraction of sp³-hybridized carbons (Fsp3) is 0.579. The van der Waals surface area contributed by atoms with Crippen LogP contribution in [0.15, 0.2) is 35.3 Å². The number of amidine groups is 1. The molecule has 1 aromatic rings. The first-order valence-electron chi connectivity index (χ1n) is 9.24. The Hall–Kier alpha value is -1.53. The Balaban J connectivity index is 1.30. The van der Waals surface area contributed by atoms with Crippen molar-refractivity contribution in [2.45, 2.75) is 43.1 Å². The van der Waals surface area contributed by atoms with E-state index in [2.05, 4.69) is 10.3 Å². The van der Waals surface area contributed by atoms with Gasteiger partial charge in [-0.25, -0.2) is 4.99 Å². The van der Waals surface area contributed by atoms with Gasteiger partial charge >= 0.3 is 0 Å². The molecule has 6 heteroatoms. The van der Waals surface area contributed by atoms with E-state index in [9.17, 15) is 4.79 Å². The number of fused-ring (bicyclic) bond motifs is 2. The highest BCUT2D eigenvalue weighted by Gasteiger charge is 2.52. The van der Waals surface area contributed by atoms with Crippen LogP contribution >= 0.6 is 11.8 Å². The first-order chi connectivity index (χ1) is 12.2. The highest BCUT2D eigenvalue weighted by atomic mass is 32.2. The topological polar surface area (TPSA) is 53.9 Å². The molecule has 5 nitrogen and oxygen atoms in total. The number of rotatable bonds is 2. The summed E-state index contributed by atoms with van der Waals surface area (Å²) < 4.78 is 5.89. The van der Waals surface area contributed by atoms with E-state index in [-0.39, 0.29) is 12.6 Å². The molecule has 2 bridgehead atoms. The van der Waals surface area contributed by atoms with Crippen LogP contribution in [-0.4, -0.2) is 35.3 Å². The molecule has 1 N–H and O–H groups in total. The Bertz CT molecular complexity index is 710. The minimum atomic E-state index is -0.808. The zero-order chi connectivity index (χ0) is 16.9. The van der Waals surface area contributed by atoms with Crippen molar-refractivity contribution >= 4 is 28.5 Å². The van der Waals surface area contributed by atoms with Gasteiger partial charge in [0.25, 0.3) is 5.91 Å². The number of ether oxygens (including phenoxy) is 1. The van der Waals surface area contributed by atoms with Crippen molar-refractivity contribution in [3.8, 4) is 0 Å². The van der Waals surface area contributed by atoms with Gasteiger partial charge in [-0.05, 0) is 55.0 Å². The van der Waals surface area contributed by atoms with Gasteiger partial charge in [-0.2, -0.15) is 0 Å². The molecule has 1 spiro atoms. The fourth-order valence-corrected chi connectivity index (χ4v) is 5.97. The smallest absolute Gasteiger partial charge is 0.270 e. The lowest BCUT2D eigenvalue weighted by molar-refractivity contribution is -0.129. The predicted octanol–water partition coefficient (Wildman–Crippen LogP) is 2.97. The summed E-state index contributed by atoms with van der Waals surface area (Å²) in [4.78, 5) is 18.6. The molecule has 2 heterocycles. The maximum absolute atomic E-state index is 13.1. The zero-order valence-corrected chi connectivity index (χ0v) is 15.0. The molecule has 1 unspecified atom stereocenters. The number of anilines is 1. The molecular weight excluding hydrogens is 334 g/mol. The summed E-state index contributed by atoms with van der Waals surface area (Å²) in [6.07, 6.45) is 6.03. The van der Waals surface area contributed by atoms with Gasteiger partial charge < -0.3 is 15.0 Å². The number of nitrogens with zero attached hydrogens (tertiary/aromatic N) is 2. The predicted molar refractivity (Wildman–Crippen MR) is 99.5 cm³/mol. The molecule has 2 aliphatic carbocycles. The molecule has 0 radical (unpaired) electrons. The van der Waals surface area contributed by atoms with Crippen LogP contribution in [0.4, 0.5) is 5.69 Å². The first kappa shape index (κ1) is 15.7. The van der Waals surface area contributed by atoms with Gasteiger partial charge in [0.05, 0.1) is 0 Å². The van der Waals surface area contributed by atoms with Gasteiger partial charge in [0.15, 0.2) is 5.17 Å². The summed E-state index contributed by atoms with van der Waals surface area (Å²) in [5.41, 5.74) is 0.943. The minimum Gasteiger partial charge on any atom is -0.362 e. The average Bonchev–Trinajstić information content (AvgIpc) is 3.33. The Labute approximate surface area is 152 Å². The third-order valence-electron chi connectivity index (χ3n) is 6.12. The lowest BCUT2D eigenvalue weighted by Gasteiger charge is -2.33. The van der Waals surface area contributed by atoms with Crippen LogP contribution in [0.1, 0.15) is 32.1 Å². The number of amides is 1. The number of nitrogens with one attached hydrogen (secondary N) is 1. The second-order valence-electron chi connectivity index (χ2n) is 7.56. The van der Waals surface area contributed by atoms with Crippen molar-refractivity contribution in [2.75, 3.05) is 18.2 Å².